The van der Waals surface area contributed by atoms with Crippen LogP contribution in [0.25, 0.3) is 0 Å². The lowest BCUT2D eigenvalue weighted by Gasteiger charge is -2.35. The fraction of sp³-hybridized carbons (Fsp3) is 0.476. The number of ketones is 1. The summed E-state index contributed by atoms with van der Waals surface area (Å²) < 4.78 is 1.58. The van der Waals surface area contributed by atoms with Gasteiger partial charge in [0, 0.05) is 63.3 Å². The minimum atomic E-state index is -0.462. The molecule has 1 saturated heterocycles. The summed E-state index contributed by atoms with van der Waals surface area (Å²) in [7, 11) is 1.70. The molecule has 0 radical (unpaired) electrons. The van der Waals surface area contributed by atoms with Gasteiger partial charge in [0.05, 0.1) is 11.5 Å². The van der Waals surface area contributed by atoms with Gasteiger partial charge < -0.3 is 14.8 Å². The first kappa shape index (κ1) is 22.4. The molecule has 1 aromatic carbocycles. The van der Waals surface area contributed by atoms with Gasteiger partial charge in [-0.3, -0.25) is 24.6 Å². The lowest BCUT2D eigenvalue weighted by atomic mass is 10.1. The number of aryl methyl sites for hydroxylation is 1. The summed E-state index contributed by atoms with van der Waals surface area (Å²) in [5.74, 6) is -0.142. The highest BCUT2D eigenvalue weighted by atomic mass is 16.6. The monoisotopic (exact) mass is 428 g/mol. The van der Waals surface area contributed by atoms with E-state index in [9.17, 15) is 19.7 Å². The zero-order valence-electron chi connectivity index (χ0n) is 18.1. The SMILES string of the molecule is CCC(C)NC(=O)CN1CCN(c2ccc(C(=O)c3nccn3C)cc2[N+](=O)[O-])CC1. The third-order valence-electron chi connectivity index (χ3n) is 5.56. The molecule has 1 fully saturated rings. The Morgan fingerprint density at radius 3 is 2.55 bits per heavy atom. The molecule has 1 unspecified atom stereocenters. The third-order valence-corrected chi connectivity index (χ3v) is 5.56. The van der Waals surface area contributed by atoms with Crippen LogP contribution >= 0.6 is 0 Å². The molecule has 1 atom stereocenters. The largest absolute Gasteiger partial charge is 0.363 e. The number of nitrogens with one attached hydrogen (secondary N) is 1. The lowest BCUT2D eigenvalue weighted by molar-refractivity contribution is -0.384. The number of piperazine rings is 1. The van der Waals surface area contributed by atoms with E-state index in [1.165, 1.54) is 12.3 Å². The van der Waals surface area contributed by atoms with E-state index in [4.69, 9.17) is 0 Å². The fourth-order valence-electron chi connectivity index (χ4n) is 3.56. The summed E-state index contributed by atoms with van der Waals surface area (Å²) in [4.78, 5) is 44.0. The van der Waals surface area contributed by atoms with E-state index in [0.717, 1.165) is 6.42 Å². The number of benzene rings is 1. The highest BCUT2D eigenvalue weighted by Gasteiger charge is 2.26. The number of hydrogen-bond acceptors (Lipinski definition) is 7. The summed E-state index contributed by atoms with van der Waals surface area (Å²) in [6.07, 6.45) is 4.04. The maximum atomic E-state index is 12.7. The number of carbonyl (C=O) groups is 2. The molecule has 31 heavy (non-hydrogen) atoms. The Balaban J connectivity index is 1.69. The Kier molecular flexibility index (Phi) is 7.01. The van der Waals surface area contributed by atoms with Crippen molar-refractivity contribution in [1.29, 1.82) is 0 Å². The van der Waals surface area contributed by atoms with Crippen LogP contribution in [0.1, 0.15) is 36.5 Å². The second kappa shape index (κ2) is 9.69. The van der Waals surface area contributed by atoms with Crippen LogP contribution in [-0.2, 0) is 11.8 Å². The molecule has 1 amide bonds. The van der Waals surface area contributed by atoms with E-state index in [1.807, 2.05) is 23.6 Å². The number of anilines is 1. The number of nitrogens with zero attached hydrogens (tertiary/aromatic N) is 5. The Labute approximate surface area is 181 Å². The molecular weight excluding hydrogens is 400 g/mol. The summed E-state index contributed by atoms with van der Waals surface area (Å²) >= 11 is 0. The molecule has 1 aliphatic heterocycles. The van der Waals surface area contributed by atoms with Crippen molar-refractivity contribution in [2.45, 2.75) is 26.3 Å². The maximum Gasteiger partial charge on any atom is 0.293 e. The van der Waals surface area contributed by atoms with Crippen LogP contribution in [0.3, 0.4) is 0 Å². The Morgan fingerprint density at radius 1 is 1.26 bits per heavy atom. The highest BCUT2D eigenvalue weighted by molar-refractivity contribution is 6.07. The number of nitro benzene ring substituents is 1. The van der Waals surface area contributed by atoms with E-state index < -0.39 is 4.92 Å². The van der Waals surface area contributed by atoms with Crippen molar-refractivity contribution in [2.24, 2.45) is 7.05 Å². The molecule has 2 heterocycles. The minimum Gasteiger partial charge on any atom is -0.363 e. The second-order valence-corrected chi connectivity index (χ2v) is 7.79. The highest BCUT2D eigenvalue weighted by Crippen LogP contribution is 2.30. The predicted octanol–water partition coefficient (Wildman–Crippen LogP) is 1.60. The normalized spacial score (nSPS) is 15.5. The standard InChI is InChI=1S/C21H28N6O4/c1-4-15(2)23-19(28)14-25-9-11-26(12-10-25)17-6-5-16(13-18(17)27(30)31)20(29)21-22-7-8-24(21)3/h5-8,13,15H,4,9-12,14H2,1-3H3,(H,23,28). The number of carbonyl (C=O) groups excluding carboxylic acids is 2. The van der Waals surface area contributed by atoms with Gasteiger partial charge in [0.1, 0.15) is 5.69 Å². The van der Waals surface area contributed by atoms with E-state index in [0.29, 0.717) is 38.4 Å². The first-order valence-electron chi connectivity index (χ1n) is 10.4. The van der Waals surface area contributed by atoms with Crippen LogP contribution in [0.15, 0.2) is 30.6 Å². The van der Waals surface area contributed by atoms with E-state index in [2.05, 4.69) is 10.3 Å². The molecule has 0 spiro atoms. The van der Waals surface area contributed by atoms with E-state index in [1.54, 1.807) is 29.9 Å². The van der Waals surface area contributed by atoms with Gasteiger partial charge in [-0.15, -0.1) is 0 Å². The first-order chi connectivity index (χ1) is 14.8. The van der Waals surface area contributed by atoms with Crippen molar-refractivity contribution in [3.63, 3.8) is 0 Å². The molecule has 0 bridgehead atoms. The third kappa shape index (κ3) is 5.26. The molecule has 1 N–H and O–H groups in total. The average Bonchev–Trinajstić information content (AvgIpc) is 3.19. The number of amides is 1. The second-order valence-electron chi connectivity index (χ2n) is 7.79. The first-order valence-corrected chi connectivity index (χ1v) is 10.4. The van der Waals surface area contributed by atoms with Gasteiger partial charge in [-0.25, -0.2) is 4.98 Å². The minimum absolute atomic E-state index is 0.00840. The number of rotatable bonds is 8. The Hall–Kier alpha value is -3.27. The topological polar surface area (TPSA) is 114 Å². The van der Waals surface area contributed by atoms with Crippen LogP contribution < -0.4 is 10.2 Å². The van der Waals surface area contributed by atoms with Gasteiger partial charge in [0.25, 0.3) is 5.69 Å². The quantitative estimate of drug-likeness (QED) is 0.386. The van der Waals surface area contributed by atoms with Crippen molar-refractivity contribution in [3.05, 3.63) is 52.1 Å². The average molecular weight is 428 g/mol. The smallest absolute Gasteiger partial charge is 0.293 e. The summed E-state index contributed by atoms with van der Waals surface area (Å²) in [6, 6.07) is 4.69. The Morgan fingerprint density at radius 2 is 1.97 bits per heavy atom. The summed E-state index contributed by atoms with van der Waals surface area (Å²) in [6.45, 7) is 6.67. The van der Waals surface area contributed by atoms with Gasteiger partial charge in [0.2, 0.25) is 11.7 Å². The van der Waals surface area contributed by atoms with Crippen LogP contribution in [0.5, 0.6) is 0 Å². The van der Waals surface area contributed by atoms with Gasteiger partial charge in [-0.05, 0) is 25.5 Å². The summed E-state index contributed by atoms with van der Waals surface area (Å²) in [5, 5.41) is 14.7. The number of imidazole rings is 1. The van der Waals surface area contributed by atoms with Gasteiger partial charge >= 0.3 is 0 Å². The lowest BCUT2D eigenvalue weighted by Crippen LogP contribution is -2.50. The van der Waals surface area contributed by atoms with Gasteiger partial charge in [0.15, 0.2) is 5.82 Å². The molecule has 0 aliphatic carbocycles. The zero-order valence-corrected chi connectivity index (χ0v) is 18.1. The molecular formula is C21H28N6O4. The van der Waals surface area contributed by atoms with E-state index >= 15 is 0 Å². The molecule has 2 aromatic rings. The predicted molar refractivity (Wildman–Crippen MR) is 116 cm³/mol. The van der Waals surface area contributed by atoms with Crippen molar-refractivity contribution in [1.82, 2.24) is 19.8 Å². The zero-order chi connectivity index (χ0) is 22.5. The van der Waals surface area contributed by atoms with Gasteiger partial charge in [-0.2, -0.15) is 0 Å². The van der Waals surface area contributed by atoms with Gasteiger partial charge in [-0.1, -0.05) is 6.92 Å². The molecule has 166 valence electrons. The van der Waals surface area contributed by atoms with Crippen LogP contribution in [0, 0.1) is 10.1 Å². The molecule has 0 saturated carbocycles. The Bertz CT molecular complexity index is 965. The molecule has 10 nitrogen and oxygen atoms in total. The fourth-order valence-corrected chi connectivity index (χ4v) is 3.56. The van der Waals surface area contributed by atoms with Crippen molar-refractivity contribution < 1.29 is 14.5 Å². The number of aromatic nitrogens is 2. The molecule has 1 aromatic heterocycles. The number of nitro groups is 1. The molecule has 3 rings (SSSR count). The van der Waals surface area contributed by atoms with Crippen molar-refractivity contribution >= 4 is 23.1 Å². The van der Waals surface area contributed by atoms with Crippen LogP contribution in [0.4, 0.5) is 11.4 Å². The summed E-state index contributed by atoms with van der Waals surface area (Å²) in [5.41, 5.74) is 0.596. The van der Waals surface area contributed by atoms with Crippen molar-refractivity contribution in [2.75, 3.05) is 37.6 Å². The van der Waals surface area contributed by atoms with Crippen LogP contribution in [0.2, 0.25) is 0 Å². The molecule has 1 aliphatic rings. The molecule has 10 heteroatoms. The van der Waals surface area contributed by atoms with Crippen molar-refractivity contribution in [3.8, 4) is 0 Å². The maximum absolute atomic E-state index is 12.7. The van der Waals surface area contributed by atoms with E-state index in [-0.39, 0.29) is 34.8 Å². The van der Waals surface area contributed by atoms with Crippen LogP contribution in [-0.4, -0.2) is 69.8 Å². The number of hydrogen-bond donors (Lipinski definition) is 1.